The molecule has 2 aliphatic rings. The van der Waals surface area contributed by atoms with Gasteiger partial charge >= 0.3 is 6.09 Å². The molecular formula is C15H17FN2O3. The maximum absolute atomic E-state index is 13.8. The maximum atomic E-state index is 13.8. The summed E-state index contributed by atoms with van der Waals surface area (Å²) in [4.78, 5) is 26.8. The van der Waals surface area contributed by atoms with Crippen molar-refractivity contribution in [3.05, 3.63) is 35.6 Å². The quantitative estimate of drug-likeness (QED) is 0.863. The van der Waals surface area contributed by atoms with Crippen molar-refractivity contribution in [3.63, 3.8) is 0 Å². The van der Waals surface area contributed by atoms with Crippen LogP contribution in [0.15, 0.2) is 24.3 Å². The largest absolute Gasteiger partial charge is 0.465 e. The van der Waals surface area contributed by atoms with Crippen LogP contribution in [0.5, 0.6) is 0 Å². The lowest BCUT2D eigenvalue weighted by molar-refractivity contribution is 0.0663. The summed E-state index contributed by atoms with van der Waals surface area (Å²) in [5.74, 6) is -0.853. The molecule has 0 spiro atoms. The number of hydrogen-bond acceptors (Lipinski definition) is 2. The highest BCUT2D eigenvalue weighted by molar-refractivity contribution is 5.95. The predicted molar refractivity (Wildman–Crippen MR) is 73.6 cm³/mol. The van der Waals surface area contributed by atoms with E-state index in [1.54, 1.807) is 17.0 Å². The molecule has 0 radical (unpaired) electrons. The van der Waals surface area contributed by atoms with Crippen LogP contribution in [0, 0.1) is 5.82 Å². The fourth-order valence-electron chi connectivity index (χ4n) is 3.35. The third-order valence-electron chi connectivity index (χ3n) is 4.39. The number of carbonyl (C=O) groups excluding carboxylic acids is 1. The smallest absolute Gasteiger partial charge is 0.407 e. The molecule has 2 bridgehead atoms. The summed E-state index contributed by atoms with van der Waals surface area (Å²) < 4.78 is 13.8. The van der Waals surface area contributed by atoms with E-state index in [0.717, 1.165) is 12.8 Å². The van der Waals surface area contributed by atoms with Gasteiger partial charge in [-0.3, -0.25) is 4.79 Å². The Morgan fingerprint density at radius 3 is 2.57 bits per heavy atom. The van der Waals surface area contributed by atoms with Crippen molar-refractivity contribution in [2.75, 3.05) is 13.1 Å². The van der Waals surface area contributed by atoms with E-state index in [1.165, 1.54) is 17.0 Å². The van der Waals surface area contributed by atoms with Crippen LogP contribution in [0.3, 0.4) is 0 Å². The number of fused-ring (bicyclic) bond motifs is 2. The van der Waals surface area contributed by atoms with Crippen molar-refractivity contribution in [1.29, 1.82) is 0 Å². The second kappa shape index (κ2) is 5.35. The van der Waals surface area contributed by atoms with Gasteiger partial charge in [0.2, 0.25) is 0 Å². The van der Waals surface area contributed by atoms with Crippen molar-refractivity contribution in [1.82, 2.24) is 9.80 Å². The van der Waals surface area contributed by atoms with Gasteiger partial charge in [-0.05, 0) is 31.4 Å². The molecule has 112 valence electrons. The Kier molecular flexibility index (Phi) is 3.53. The standard InChI is InChI=1S/C15H17FN2O3/c16-13-4-2-1-3-12(13)14(19)18-10-5-6-11(18)9-17(8-7-10)15(20)21/h1-4,10-11H,5-9H2,(H,20,21). The monoisotopic (exact) mass is 292 g/mol. The lowest BCUT2D eigenvalue weighted by Gasteiger charge is -2.28. The van der Waals surface area contributed by atoms with Gasteiger partial charge in [0.15, 0.2) is 0 Å². The van der Waals surface area contributed by atoms with Gasteiger partial charge in [-0.1, -0.05) is 12.1 Å². The number of benzene rings is 1. The lowest BCUT2D eigenvalue weighted by Crippen LogP contribution is -2.44. The third-order valence-corrected chi connectivity index (χ3v) is 4.39. The molecule has 1 aromatic rings. The van der Waals surface area contributed by atoms with Crippen LogP contribution in [0.1, 0.15) is 29.6 Å². The molecule has 1 aromatic carbocycles. The van der Waals surface area contributed by atoms with E-state index in [4.69, 9.17) is 5.11 Å². The summed E-state index contributed by atoms with van der Waals surface area (Å²) in [7, 11) is 0. The van der Waals surface area contributed by atoms with E-state index in [2.05, 4.69) is 0 Å². The fourth-order valence-corrected chi connectivity index (χ4v) is 3.35. The third kappa shape index (κ3) is 2.46. The minimum atomic E-state index is -0.958. The SMILES string of the molecule is O=C(O)N1CCC2CCC(C1)N2C(=O)c1ccccc1F. The summed E-state index contributed by atoms with van der Waals surface area (Å²) in [5, 5.41) is 9.14. The van der Waals surface area contributed by atoms with Gasteiger partial charge in [0.25, 0.3) is 5.91 Å². The van der Waals surface area contributed by atoms with Gasteiger partial charge in [0.05, 0.1) is 11.6 Å². The topological polar surface area (TPSA) is 60.9 Å². The van der Waals surface area contributed by atoms with Gasteiger partial charge in [0, 0.05) is 19.1 Å². The first-order valence-electron chi connectivity index (χ1n) is 7.13. The van der Waals surface area contributed by atoms with E-state index in [9.17, 15) is 14.0 Å². The van der Waals surface area contributed by atoms with Gasteiger partial charge in [-0.2, -0.15) is 0 Å². The Labute approximate surface area is 122 Å². The van der Waals surface area contributed by atoms with Crippen LogP contribution in [-0.2, 0) is 0 Å². The summed E-state index contributed by atoms with van der Waals surface area (Å²) in [6.45, 7) is 0.740. The molecule has 0 aromatic heterocycles. The fraction of sp³-hybridized carbons (Fsp3) is 0.467. The molecule has 3 rings (SSSR count). The van der Waals surface area contributed by atoms with Crippen molar-refractivity contribution < 1.29 is 19.1 Å². The van der Waals surface area contributed by atoms with Crippen molar-refractivity contribution in [2.24, 2.45) is 0 Å². The molecule has 2 aliphatic heterocycles. The Morgan fingerprint density at radius 2 is 1.86 bits per heavy atom. The summed E-state index contributed by atoms with van der Waals surface area (Å²) in [5.41, 5.74) is 0.0678. The molecule has 2 fully saturated rings. The van der Waals surface area contributed by atoms with Crippen LogP contribution >= 0.6 is 0 Å². The van der Waals surface area contributed by atoms with E-state index >= 15 is 0 Å². The Balaban J connectivity index is 1.87. The molecule has 1 N–H and O–H groups in total. The van der Waals surface area contributed by atoms with Crippen LogP contribution in [0.4, 0.5) is 9.18 Å². The predicted octanol–water partition coefficient (Wildman–Crippen LogP) is 2.18. The first-order valence-corrected chi connectivity index (χ1v) is 7.13. The van der Waals surface area contributed by atoms with E-state index in [1.807, 2.05) is 0 Å². The lowest BCUT2D eigenvalue weighted by atomic mass is 10.1. The average Bonchev–Trinajstić information content (AvgIpc) is 2.73. The maximum Gasteiger partial charge on any atom is 0.407 e. The highest BCUT2D eigenvalue weighted by Crippen LogP contribution is 2.32. The van der Waals surface area contributed by atoms with Gasteiger partial charge in [-0.15, -0.1) is 0 Å². The van der Waals surface area contributed by atoms with E-state index < -0.39 is 11.9 Å². The molecule has 0 aliphatic carbocycles. The first kappa shape index (κ1) is 13.9. The molecule has 2 atom stereocenters. The summed E-state index contributed by atoms with van der Waals surface area (Å²) in [6, 6.07) is 5.80. The zero-order valence-electron chi connectivity index (χ0n) is 11.5. The number of amides is 2. The van der Waals surface area contributed by atoms with Crippen LogP contribution < -0.4 is 0 Å². The molecular weight excluding hydrogens is 275 g/mol. The Bertz CT molecular complexity index is 578. The Morgan fingerprint density at radius 1 is 1.14 bits per heavy atom. The second-order valence-electron chi connectivity index (χ2n) is 5.59. The molecule has 0 saturated carbocycles. The number of hydrogen-bond donors (Lipinski definition) is 1. The molecule has 2 unspecified atom stereocenters. The number of carboxylic acid groups (broad SMARTS) is 1. The first-order chi connectivity index (χ1) is 10.1. The average molecular weight is 292 g/mol. The highest BCUT2D eigenvalue weighted by atomic mass is 19.1. The van der Waals surface area contributed by atoms with Crippen LogP contribution in [-0.4, -0.2) is 52.1 Å². The summed E-state index contributed by atoms with van der Waals surface area (Å²) in [6.07, 6.45) is 1.29. The minimum absolute atomic E-state index is 0.00598. The highest BCUT2D eigenvalue weighted by Gasteiger charge is 2.41. The number of carbonyl (C=O) groups is 2. The number of halogens is 1. The Hall–Kier alpha value is -2.11. The van der Waals surface area contributed by atoms with Gasteiger partial charge < -0.3 is 14.9 Å². The number of rotatable bonds is 1. The van der Waals surface area contributed by atoms with Crippen LogP contribution in [0.25, 0.3) is 0 Å². The van der Waals surface area contributed by atoms with Crippen molar-refractivity contribution in [2.45, 2.75) is 31.3 Å². The second-order valence-corrected chi connectivity index (χ2v) is 5.59. The molecule has 6 heteroatoms. The summed E-state index contributed by atoms with van der Waals surface area (Å²) >= 11 is 0. The van der Waals surface area contributed by atoms with Crippen molar-refractivity contribution in [3.8, 4) is 0 Å². The molecule has 2 saturated heterocycles. The zero-order valence-corrected chi connectivity index (χ0v) is 11.5. The zero-order chi connectivity index (χ0) is 15.0. The molecule has 5 nitrogen and oxygen atoms in total. The van der Waals surface area contributed by atoms with E-state index in [0.29, 0.717) is 19.5 Å². The van der Waals surface area contributed by atoms with Crippen molar-refractivity contribution >= 4 is 12.0 Å². The van der Waals surface area contributed by atoms with Crippen LogP contribution in [0.2, 0.25) is 0 Å². The number of nitrogens with zero attached hydrogens (tertiary/aromatic N) is 2. The molecule has 2 heterocycles. The molecule has 21 heavy (non-hydrogen) atoms. The van der Waals surface area contributed by atoms with Gasteiger partial charge in [-0.25, -0.2) is 9.18 Å². The van der Waals surface area contributed by atoms with Gasteiger partial charge in [0.1, 0.15) is 5.82 Å². The number of likely N-dealkylation sites (tertiary alicyclic amines) is 1. The normalized spacial score (nSPS) is 24.8. The van der Waals surface area contributed by atoms with E-state index in [-0.39, 0.29) is 23.6 Å². The molecule has 2 amide bonds. The minimum Gasteiger partial charge on any atom is -0.465 e.